The van der Waals surface area contributed by atoms with Crippen LogP contribution in [-0.2, 0) is 5.75 Å². The van der Waals surface area contributed by atoms with Gasteiger partial charge >= 0.3 is 0 Å². The molecule has 3 rings (SSSR count). The highest BCUT2D eigenvalue weighted by Gasteiger charge is 2.05. The summed E-state index contributed by atoms with van der Waals surface area (Å²) in [5, 5.41) is 10.1. The van der Waals surface area contributed by atoms with E-state index in [1.54, 1.807) is 11.8 Å². The number of hydrogen-bond donors (Lipinski definition) is 2. The maximum absolute atomic E-state index is 7.64. The standard InChI is InChI=1S/C18H16N2S/c19-18(20)17-8-4-3-7-15(17)12-21-16-10-9-13-5-1-2-6-14(13)11-16/h1-11H,12H2,(H3,19,20). The molecular weight excluding hydrogens is 276 g/mol. The Labute approximate surface area is 128 Å². The summed E-state index contributed by atoms with van der Waals surface area (Å²) in [6, 6.07) is 22.7. The van der Waals surface area contributed by atoms with Crippen molar-refractivity contribution in [2.75, 3.05) is 0 Å². The molecule has 0 atom stereocenters. The van der Waals surface area contributed by atoms with Crippen LogP contribution in [0.1, 0.15) is 11.1 Å². The van der Waals surface area contributed by atoms with Crippen LogP contribution >= 0.6 is 11.8 Å². The molecule has 0 spiro atoms. The lowest BCUT2D eigenvalue weighted by atomic mass is 10.1. The van der Waals surface area contributed by atoms with E-state index in [1.165, 1.54) is 15.7 Å². The van der Waals surface area contributed by atoms with Gasteiger partial charge in [0.15, 0.2) is 0 Å². The third-order valence-corrected chi connectivity index (χ3v) is 4.47. The summed E-state index contributed by atoms with van der Waals surface area (Å²) < 4.78 is 0. The van der Waals surface area contributed by atoms with E-state index in [9.17, 15) is 0 Å². The average Bonchev–Trinajstić information content (AvgIpc) is 2.53. The zero-order chi connectivity index (χ0) is 14.7. The first-order chi connectivity index (χ1) is 10.2. The Kier molecular flexibility index (Phi) is 3.93. The first kappa shape index (κ1) is 13.7. The molecule has 0 aliphatic rings. The molecule has 0 radical (unpaired) electrons. The van der Waals surface area contributed by atoms with Crippen molar-refractivity contribution in [2.45, 2.75) is 10.6 Å². The van der Waals surface area contributed by atoms with E-state index in [0.717, 1.165) is 16.9 Å². The molecule has 0 amide bonds. The number of nitrogens with one attached hydrogen (secondary N) is 1. The largest absolute Gasteiger partial charge is 0.384 e. The molecule has 0 aliphatic carbocycles. The highest BCUT2D eigenvalue weighted by molar-refractivity contribution is 7.98. The van der Waals surface area contributed by atoms with Gasteiger partial charge in [0.25, 0.3) is 0 Å². The molecule has 3 N–H and O–H groups in total. The van der Waals surface area contributed by atoms with Crippen molar-refractivity contribution in [1.29, 1.82) is 5.41 Å². The number of rotatable bonds is 4. The van der Waals surface area contributed by atoms with Gasteiger partial charge in [-0.15, -0.1) is 11.8 Å². The van der Waals surface area contributed by atoms with E-state index < -0.39 is 0 Å². The summed E-state index contributed by atoms with van der Waals surface area (Å²) in [7, 11) is 0. The number of thioether (sulfide) groups is 1. The Morgan fingerprint density at radius 2 is 1.62 bits per heavy atom. The molecular formula is C18H16N2S. The Balaban J connectivity index is 1.82. The lowest BCUT2D eigenvalue weighted by Gasteiger charge is -2.08. The fourth-order valence-corrected chi connectivity index (χ4v) is 3.28. The lowest BCUT2D eigenvalue weighted by molar-refractivity contribution is 1.33. The summed E-state index contributed by atoms with van der Waals surface area (Å²) >= 11 is 1.77. The van der Waals surface area contributed by atoms with E-state index in [0.29, 0.717) is 0 Å². The predicted molar refractivity (Wildman–Crippen MR) is 91.0 cm³/mol. The van der Waals surface area contributed by atoms with Crippen molar-refractivity contribution in [3.63, 3.8) is 0 Å². The second kappa shape index (κ2) is 6.02. The molecule has 0 fully saturated rings. The fraction of sp³-hybridized carbons (Fsp3) is 0.0556. The molecule has 3 aromatic rings. The van der Waals surface area contributed by atoms with Crippen molar-refractivity contribution in [3.05, 3.63) is 77.9 Å². The zero-order valence-electron chi connectivity index (χ0n) is 11.5. The molecule has 0 aliphatic heterocycles. The van der Waals surface area contributed by atoms with Gasteiger partial charge in [0.05, 0.1) is 0 Å². The Bertz CT molecular complexity index is 796. The van der Waals surface area contributed by atoms with Crippen LogP contribution in [0.15, 0.2) is 71.6 Å². The number of hydrogen-bond acceptors (Lipinski definition) is 2. The van der Waals surface area contributed by atoms with Crippen LogP contribution < -0.4 is 5.73 Å². The van der Waals surface area contributed by atoms with E-state index in [2.05, 4.69) is 42.5 Å². The van der Waals surface area contributed by atoms with Crippen LogP contribution in [0.2, 0.25) is 0 Å². The smallest absolute Gasteiger partial charge is 0.123 e. The van der Waals surface area contributed by atoms with Gasteiger partial charge < -0.3 is 5.73 Å². The molecule has 0 saturated carbocycles. The number of nitrogen functional groups attached to an aromatic ring is 1. The van der Waals surface area contributed by atoms with Gasteiger partial charge in [-0.3, -0.25) is 5.41 Å². The summed E-state index contributed by atoms with van der Waals surface area (Å²) in [5.74, 6) is 0.943. The van der Waals surface area contributed by atoms with Crippen LogP contribution in [0.3, 0.4) is 0 Å². The average molecular weight is 292 g/mol. The molecule has 0 unspecified atom stereocenters. The highest BCUT2D eigenvalue weighted by Crippen LogP contribution is 2.27. The SMILES string of the molecule is N=C(N)c1ccccc1CSc1ccc2ccccc2c1. The maximum Gasteiger partial charge on any atom is 0.123 e. The minimum absolute atomic E-state index is 0.129. The van der Waals surface area contributed by atoms with Crippen LogP contribution in [0.4, 0.5) is 0 Å². The molecule has 0 aromatic heterocycles. The molecule has 104 valence electrons. The van der Waals surface area contributed by atoms with Crippen LogP contribution in [0, 0.1) is 5.41 Å². The van der Waals surface area contributed by atoms with Gasteiger partial charge in [-0.25, -0.2) is 0 Å². The summed E-state index contributed by atoms with van der Waals surface area (Å²) in [5.41, 5.74) is 7.56. The van der Waals surface area contributed by atoms with Gasteiger partial charge in [-0.1, -0.05) is 54.6 Å². The molecule has 0 saturated heterocycles. The minimum atomic E-state index is 0.129. The van der Waals surface area contributed by atoms with E-state index in [4.69, 9.17) is 11.1 Å². The second-order valence-corrected chi connectivity index (χ2v) is 5.92. The number of amidine groups is 1. The topological polar surface area (TPSA) is 49.9 Å². The first-order valence-corrected chi connectivity index (χ1v) is 7.76. The molecule has 0 bridgehead atoms. The first-order valence-electron chi connectivity index (χ1n) is 6.78. The van der Waals surface area contributed by atoms with Gasteiger partial charge in [0.1, 0.15) is 5.84 Å². The number of benzene rings is 3. The molecule has 3 aromatic carbocycles. The summed E-state index contributed by atoms with van der Waals surface area (Å²) in [6.07, 6.45) is 0. The normalized spacial score (nSPS) is 10.7. The molecule has 0 heterocycles. The monoisotopic (exact) mass is 292 g/mol. The predicted octanol–water partition coefficient (Wildman–Crippen LogP) is 4.42. The van der Waals surface area contributed by atoms with Crippen molar-refractivity contribution in [2.24, 2.45) is 5.73 Å². The minimum Gasteiger partial charge on any atom is -0.384 e. The van der Waals surface area contributed by atoms with Gasteiger partial charge in [0, 0.05) is 16.2 Å². The van der Waals surface area contributed by atoms with Crippen LogP contribution in [-0.4, -0.2) is 5.84 Å². The second-order valence-electron chi connectivity index (χ2n) is 4.87. The third kappa shape index (κ3) is 3.09. The van der Waals surface area contributed by atoms with Crippen LogP contribution in [0.25, 0.3) is 10.8 Å². The molecule has 2 nitrogen and oxygen atoms in total. The van der Waals surface area contributed by atoms with E-state index in [-0.39, 0.29) is 5.84 Å². The third-order valence-electron chi connectivity index (χ3n) is 3.42. The zero-order valence-corrected chi connectivity index (χ0v) is 12.4. The van der Waals surface area contributed by atoms with Gasteiger partial charge in [-0.05, 0) is 28.5 Å². The summed E-state index contributed by atoms with van der Waals surface area (Å²) in [6.45, 7) is 0. The van der Waals surface area contributed by atoms with Crippen LogP contribution in [0.5, 0.6) is 0 Å². The fourth-order valence-electron chi connectivity index (χ4n) is 2.33. The quantitative estimate of drug-likeness (QED) is 0.425. The number of fused-ring (bicyclic) bond motifs is 1. The maximum atomic E-state index is 7.64. The van der Waals surface area contributed by atoms with Crippen molar-refractivity contribution < 1.29 is 0 Å². The Morgan fingerprint density at radius 3 is 2.43 bits per heavy atom. The lowest BCUT2D eigenvalue weighted by Crippen LogP contribution is -2.13. The van der Waals surface area contributed by atoms with Crippen molar-refractivity contribution in [1.82, 2.24) is 0 Å². The highest BCUT2D eigenvalue weighted by atomic mass is 32.2. The summed E-state index contributed by atoms with van der Waals surface area (Å²) in [4.78, 5) is 1.23. The Morgan fingerprint density at radius 1 is 0.905 bits per heavy atom. The van der Waals surface area contributed by atoms with Gasteiger partial charge in [-0.2, -0.15) is 0 Å². The van der Waals surface area contributed by atoms with Crippen molar-refractivity contribution in [3.8, 4) is 0 Å². The van der Waals surface area contributed by atoms with E-state index in [1.807, 2.05) is 24.3 Å². The number of nitrogens with two attached hydrogens (primary N) is 1. The molecule has 21 heavy (non-hydrogen) atoms. The molecule has 3 heteroatoms. The van der Waals surface area contributed by atoms with E-state index >= 15 is 0 Å². The Hall–Kier alpha value is -2.26. The van der Waals surface area contributed by atoms with Gasteiger partial charge in [0.2, 0.25) is 0 Å². The van der Waals surface area contributed by atoms with Crippen molar-refractivity contribution >= 4 is 28.4 Å².